The van der Waals surface area contributed by atoms with Gasteiger partial charge in [-0.2, -0.15) is 0 Å². The zero-order chi connectivity index (χ0) is 18.1. The van der Waals surface area contributed by atoms with Crippen LogP contribution in [0.4, 0.5) is 10.1 Å². The third kappa shape index (κ3) is 3.16. The summed E-state index contributed by atoms with van der Waals surface area (Å²) in [7, 11) is 1.33. The van der Waals surface area contributed by atoms with Crippen LogP contribution in [-0.4, -0.2) is 22.0 Å². The molecule has 0 atom stereocenters. The molecule has 9 heteroatoms. The Hall–Kier alpha value is -3.00. The second-order valence-electron chi connectivity index (χ2n) is 5.11. The Labute approximate surface area is 146 Å². The number of halogens is 2. The molecule has 0 aliphatic carbocycles. The van der Waals surface area contributed by atoms with Gasteiger partial charge in [-0.15, -0.1) is 0 Å². The van der Waals surface area contributed by atoms with Crippen LogP contribution in [0.1, 0.15) is 5.56 Å². The summed E-state index contributed by atoms with van der Waals surface area (Å²) in [5, 5.41) is 11.5. The van der Waals surface area contributed by atoms with Crippen LogP contribution in [0.25, 0.3) is 10.9 Å². The molecular formula is C16H11ClFN3O4. The van der Waals surface area contributed by atoms with Crippen LogP contribution >= 0.6 is 11.6 Å². The van der Waals surface area contributed by atoms with Crippen molar-refractivity contribution < 1.29 is 18.8 Å². The second kappa shape index (κ2) is 6.48. The molecule has 0 bridgehead atoms. The summed E-state index contributed by atoms with van der Waals surface area (Å²) < 4.78 is 24.5. The van der Waals surface area contributed by atoms with Crippen molar-refractivity contribution in [1.82, 2.24) is 9.97 Å². The lowest BCUT2D eigenvalue weighted by atomic mass is 10.2. The lowest BCUT2D eigenvalue weighted by Crippen LogP contribution is -1.97. The summed E-state index contributed by atoms with van der Waals surface area (Å²) in [5.41, 5.74) is 0.602. The quantitative estimate of drug-likeness (QED) is 0.503. The fourth-order valence-electron chi connectivity index (χ4n) is 2.27. The predicted molar refractivity (Wildman–Crippen MR) is 89.0 cm³/mol. The van der Waals surface area contributed by atoms with Gasteiger partial charge in [0.25, 0.3) is 5.69 Å². The SMILES string of the molecule is COc1cc2c(Oc3cc([N+](=O)[O-])c(Cl)cc3C)ncnc2cc1F. The number of methoxy groups -OCH3 is 1. The molecule has 0 aliphatic rings. The van der Waals surface area contributed by atoms with Crippen molar-refractivity contribution in [1.29, 1.82) is 0 Å². The van der Waals surface area contributed by atoms with E-state index in [4.69, 9.17) is 21.1 Å². The normalized spacial score (nSPS) is 10.7. The Morgan fingerprint density at radius 3 is 2.64 bits per heavy atom. The number of aromatic nitrogens is 2. The minimum absolute atomic E-state index is 0.00552. The molecule has 1 aromatic heterocycles. The number of ether oxygens (including phenoxy) is 2. The van der Waals surface area contributed by atoms with Gasteiger partial charge < -0.3 is 9.47 Å². The highest BCUT2D eigenvalue weighted by molar-refractivity contribution is 6.32. The maximum atomic E-state index is 13.8. The fourth-order valence-corrected chi connectivity index (χ4v) is 2.56. The van der Waals surface area contributed by atoms with E-state index in [1.807, 2.05) is 0 Å². The van der Waals surface area contributed by atoms with Crippen molar-refractivity contribution in [2.45, 2.75) is 6.92 Å². The summed E-state index contributed by atoms with van der Waals surface area (Å²) in [5.74, 6) is -0.244. The van der Waals surface area contributed by atoms with Gasteiger partial charge in [0, 0.05) is 6.07 Å². The van der Waals surface area contributed by atoms with Crippen molar-refractivity contribution in [3.05, 3.63) is 57.1 Å². The first-order valence-electron chi connectivity index (χ1n) is 7.01. The topological polar surface area (TPSA) is 87.4 Å². The molecule has 0 aliphatic heterocycles. The van der Waals surface area contributed by atoms with Crippen LogP contribution in [0.5, 0.6) is 17.4 Å². The number of nitro groups is 1. The van der Waals surface area contributed by atoms with Gasteiger partial charge in [-0.1, -0.05) is 11.6 Å². The van der Waals surface area contributed by atoms with Crippen LogP contribution in [0.2, 0.25) is 5.02 Å². The van der Waals surface area contributed by atoms with Gasteiger partial charge >= 0.3 is 0 Å². The van der Waals surface area contributed by atoms with Gasteiger partial charge in [-0.3, -0.25) is 10.1 Å². The minimum atomic E-state index is -0.606. The highest BCUT2D eigenvalue weighted by Crippen LogP contribution is 2.36. The van der Waals surface area contributed by atoms with Crippen LogP contribution in [0.15, 0.2) is 30.6 Å². The monoisotopic (exact) mass is 363 g/mol. The average Bonchev–Trinajstić information content (AvgIpc) is 2.56. The Morgan fingerprint density at radius 2 is 1.96 bits per heavy atom. The predicted octanol–water partition coefficient (Wildman–Crippen LogP) is 4.44. The maximum absolute atomic E-state index is 13.8. The molecule has 1 heterocycles. The van der Waals surface area contributed by atoms with Gasteiger partial charge in [0.15, 0.2) is 11.6 Å². The van der Waals surface area contributed by atoms with E-state index in [-0.39, 0.29) is 28.1 Å². The first-order chi connectivity index (χ1) is 11.9. The molecule has 0 N–H and O–H groups in total. The third-order valence-corrected chi connectivity index (χ3v) is 3.82. The van der Waals surface area contributed by atoms with E-state index in [1.54, 1.807) is 6.92 Å². The molecule has 0 saturated heterocycles. The summed E-state index contributed by atoms with van der Waals surface area (Å²) in [6, 6.07) is 5.24. The van der Waals surface area contributed by atoms with Gasteiger partial charge in [-0.05, 0) is 24.6 Å². The second-order valence-corrected chi connectivity index (χ2v) is 5.52. The summed E-state index contributed by atoms with van der Waals surface area (Å²) in [4.78, 5) is 18.5. The van der Waals surface area contributed by atoms with Crippen molar-refractivity contribution in [2.24, 2.45) is 0 Å². The molecule has 25 heavy (non-hydrogen) atoms. The Balaban J connectivity index is 2.12. The fraction of sp³-hybridized carbons (Fsp3) is 0.125. The van der Waals surface area contributed by atoms with Gasteiger partial charge in [0.1, 0.15) is 17.1 Å². The highest BCUT2D eigenvalue weighted by atomic mass is 35.5. The van der Waals surface area contributed by atoms with Crippen LogP contribution < -0.4 is 9.47 Å². The number of nitrogens with zero attached hydrogens (tertiary/aromatic N) is 3. The first kappa shape index (κ1) is 16.8. The lowest BCUT2D eigenvalue weighted by Gasteiger charge is -2.11. The highest BCUT2D eigenvalue weighted by Gasteiger charge is 2.18. The molecule has 0 saturated carbocycles. The molecule has 0 unspecified atom stereocenters. The van der Waals surface area contributed by atoms with E-state index in [1.165, 1.54) is 37.7 Å². The van der Waals surface area contributed by atoms with E-state index in [0.717, 1.165) is 0 Å². The molecule has 0 fully saturated rings. The molecule has 0 radical (unpaired) electrons. The smallest absolute Gasteiger partial charge is 0.291 e. The molecular weight excluding hydrogens is 353 g/mol. The van der Waals surface area contributed by atoms with Gasteiger partial charge in [0.2, 0.25) is 5.88 Å². The Kier molecular flexibility index (Phi) is 4.37. The van der Waals surface area contributed by atoms with E-state index < -0.39 is 10.7 Å². The maximum Gasteiger partial charge on any atom is 0.291 e. The number of nitro benzene ring substituents is 1. The van der Waals surface area contributed by atoms with E-state index in [0.29, 0.717) is 16.5 Å². The Morgan fingerprint density at radius 1 is 1.20 bits per heavy atom. The first-order valence-corrected chi connectivity index (χ1v) is 7.39. The molecule has 3 aromatic rings. The summed E-state index contributed by atoms with van der Waals surface area (Å²) in [6.07, 6.45) is 1.21. The largest absolute Gasteiger partial charge is 0.494 e. The number of rotatable bonds is 4. The number of benzene rings is 2. The van der Waals surface area contributed by atoms with Gasteiger partial charge in [0.05, 0.1) is 29.0 Å². The van der Waals surface area contributed by atoms with Crippen molar-refractivity contribution >= 4 is 28.2 Å². The van der Waals surface area contributed by atoms with E-state index >= 15 is 0 Å². The number of aryl methyl sites for hydroxylation is 1. The molecule has 128 valence electrons. The summed E-state index contributed by atoms with van der Waals surface area (Å²) >= 11 is 5.87. The molecule has 2 aromatic carbocycles. The molecule has 0 spiro atoms. The van der Waals surface area contributed by atoms with Crippen molar-refractivity contribution in [3.8, 4) is 17.4 Å². The summed E-state index contributed by atoms with van der Waals surface area (Å²) in [6.45, 7) is 1.69. The van der Waals surface area contributed by atoms with Gasteiger partial charge in [-0.25, -0.2) is 14.4 Å². The zero-order valence-electron chi connectivity index (χ0n) is 13.1. The number of fused-ring (bicyclic) bond motifs is 1. The van der Waals surface area contributed by atoms with Crippen molar-refractivity contribution in [3.63, 3.8) is 0 Å². The Bertz CT molecular complexity index is 997. The van der Waals surface area contributed by atoms with Crippen molar-refractivity contribution in [2.75, 3.05) is 7.11 Å². The molecule has 0 amide bonds. The third-order valence-electron chi connectivity index (χ3n) is 3.52. The number of hydrogen-bond acceptors (Lipinski definition) is 6. The minimum Gasteiger partial charge on any atom is -0.494 e. The lowest BCUT2D eigenvalue weighted by molar-refractivity contribution is -0.384. The van der Waals surface area contributed by atoms with E-state index in [9.17, 15) is 14.5 Å². The standard InChI is InChI=1S/C16H11ClFN3O4/c1-8-3-10(17)13(21(22)23)6-14(8)25-16-9-4-15(24-2)11(18)5-12(9)19-7-20-16/h3-7H,1-2H3. The average molecular weight is 364 g/mol. The van der Waals surface area contributed by atoms with Crippen LogP contribution in [0, 0.1) is 22.9 Å². The zero-order valence-corrected chi connectivity index (χ0v) is 13.9. The van der Waals surface area contributed by atoms with E-state index in [2.05, 4.69) is 9.97 Å². The number of hydrogen-bond donors (Lipinski definition) is 0. The van der Waals surface area contributed by atoms with Crippen LogP contribution in [-0.2, 0) is 0 Å². The molecule has 7 nitrogen and oxygen atoms in total. The van der Waals surface area contributed by atoms with Crippen LogP contribution in [0.3, 0.4) is 0 Å². The molecule has 3 rings (SSSR count).